The average Bonchev–Trinajstić information content (AvgIpc) is 3.03. The number of benzene rings is 1. The average molecular weight is 260 g/mol. The molecule has 3 heteroatoms. The summed E-state index contributed by atoms with van der Waals surface area (Å²) in [5, 5.41) is 1.37. The smallest absolute Gasteiger partial charge is 0.0417 e. The molecule has 3 rings (SSSR count). The lowest BCUT2D eigenvalue weighted by atomic mass is 10.1. The first-order chi connectivity index (χ1) is 8.79. The molecule has 2 nitrogen and oxygen atoms in total. The Balaban J connectivity index is 1.89. The number of likely N-dealkylation sites (tertiary alicyclic amines) is 1. The minimum Gasteiger partial charge on any atom is -0.329 e. The van der Waals surface area contributed by atoms with Gasteiger partial charge in [-0.3, -0.25) is 4.90 Å². The Labute approximate surface area is 112 Å². The van der Waals surface area contributed by atoms with E-state index in [1.807, 2.05) is 11.3 Å². The fourth-order valence-electron chi connectivity index (χ4n) is 2.99. The summed E-state index contributed by atoms with van der Waals surface area (Å²) in [6.45, 7) is 4.30. The van der Waals surface area contributed by atoms with Crippen molar-refractivity contribution in [3.63, 3.8) is 0 Å². The van der Waals surface area contributed by atoms with Gasteiger partial charge in [-0.2, -0.15) is 0 Å². The summed E-state index contributed by atoms with van der Waals surface area (Å²) in [6.07, 6.45) is 2.54. The summed E-state index contributed by atoms with van der Waals surface area (Å²) in [4.78, 5) is 4.04. The number of nitrogens with two attached hydrogens (primary N) is 1. The lowest BCUT2D eigenvalue weighted by molar-refractivity contribution is 0.199. The van der Waals surface area contributed by atoms with E-state index < -0.39 is 0 Å². The number of thiophene rings is 1. The van der Waals surface area contributed by atoms with Gasteiger partial charge in [-0.25, -0.2) is 0 Å². The molecule has 2 atom stereocenters. The van der Waals surface area contributed by atoms with Crippen LogP contribution in [0.3, 0.4) is 0 Å². The third-order valence-electron chi connectivity index (χ3n) is 4.05. The van der Waals surface area contributed by atoms with Crippen LogP contribution in [0.1, 0.15) is 30.7 Å². The molecule has 0 amide bonds. The molecule has 2 heterocycles. The van der Waals surface area contributed by atoms with Crippen LogP contribution in [0.2, 0.25) is 0 Å². The predicted molar refractivity (Wildman–Crippen MR) is 79.0 cm³/mol. The van der Waals surface area contributed by atoms with Gasteiger partial charge in [-0.05, 0) is 43.8 Å². The summed E-state index contributed by atoms with van der Waals surface area (Å²) in [7, 11) is 0. The van der Waals surface area contributed by atoms with Crippen LogP contribution < -0.4 is 5.73 Å². The highest BCUT2D eigenvalue weighted by Gasteiger charge is 2.28. The Hall–Kier alpha value is -0.900. The van der Waals surface area contributed by atoms with Crippen molar-refractivity contribution in [1.82, 2.24) is 4.90 Å². The molecular weight excluding hydrogens is 240 g/mol. The lowest BCUT2D eigenvalue weighted by Crippen LogP contribution is -2.36. The van der Waals surface area contributed by atoms with Crippen LogP contribution in [-0.2, 0) is 0 Å². The van der Waals surface area contributed by atoms with Crippen molar-refractivity contribution in [3.05, 3.63) is 35.2 Å². The van der Waals surface area contributed by atoms with Gasteiger partial charge in [0.2, 0.25) is 0 Å². The summed E-state index contributed by atoms with van der Waals surface area (Å²) in [5.41, 5.74) is 5.88. The van der Waals surface area contributed by atoms with Crippen LogP contribution >= 0.6 is 11.3 Å². The second kappa shape index (κ2) is 5.00. The highest BCUT2D eigenvalue weighted by atomic mass is 32.1. The second-order valence-electron chi connectivity index (χ2n) is 5.13. The normalized spacial score (nSPS) is 22.7. The molecule has 2 N–H and O–H groups in total. The minimum atomic E-state index is 0.499. The zero-order chi connectivity index (χ0) is 12.5. The van der Waals surface area contributed by atoms with Crippen molar-refractivity contribution in [3.8, 4) is 0 Å². The molecular formula is C15H20N2S. The van der Waals surface area contributed by atoms with Gasteiger partial charge in [0.15, 0.2) is 0 Å². The topological polar surface area (TPSA) is 29.3 Å². The van der Waals surface area contributed by atoms with Gasteiger partial charge in [0.05, 0.1) is 0 Å². The van der Waals surface area contributed by atoms with Gasteiger partial charge in [0.1, 0.15) is 0 Å². The molecule has 0 bridgehead atoms. The van der Waals surface area contributed by atoms with Crippen LogP contribution in [0, 0.1) is 0 Å². The monoisotopic (exact) mass is 260 g/mol. The van der Waals surface area contributed by atoms with Crippen LogP contribution in [0.15, 0.2) is 30.3 Å². The van der Waals surface area contributed by atoms with E-state index in [2.05, 4.69) is 42.2 Å². The molecule has 0 spiro atoms. The number of fused-ring (bicyclic) bond motifs is 1. The maximum absolute atomic E-state index is 5.88. The molecule has 1 saturated heterocycles. The van der Waals surface area contributed by atoms with E-state index in [1.165, 1.54) is 34.3 Å². The highest BCUT2D eigenvalue weighted by molar-refractivity contribution is 7.19. The van der Waals surface area contributed by atoms with Gasteiger partial charge in [0.25, 0.3) is 0 Å². The van der Waals surface area contributed by atoms with Crippen LogP contribution in [0.5, 0.6) is 0 Å². The zero-order valence-corrected chi connectivity index (χ0v) is 11.6. The first-order valence-corrected chi connectivity index (χ1v) is 7.55. The maximum atomic E-state index is 5.88. The maximum Gasteiger partial charge on any atom is 0.0417 e. The van der Waals surface area contributed by atoms with Crippen molar-refractivity contribution in [2.45, 2.75) is 31.8 Å². The van der Waals surface area contributed by atoms with Crippen molar-refractivity contribution in [1.29, 1.82) is 0 Å². The summed E-state index contributed by atoms with van der Waals surface area (Å²) in [5.74, 6) is 0. The fourth-order valence-corrected chi connectivity index (χ4v) is 4.13. The predicted octanol–water partition coefficient (Wildman–Crippen LogP) is 3.39. The molecule has 2 aromatic rings. The summed E-state index contributed by atoms with van der Waals surface area (Å²) >= 11 is 1.92. The minimum absolute atomic E-state index is 0.499. The Morgan fingerprint density at radius 1 is 1.44 bits per heavy atom. The Morgan fingerprint density at radius 2 is 2.28 bits per heavy atom. The largest absolute Gasteiger partial charge is 0.329 e. The van der Waals surface area contributed by atoms with E-state index in [9.17, 15) is 0 Å². The highest BCUT2D eigenvalue weighted by Crippen LogP contribution is 2.35. The van der Waals surface area contributed by atoms with Gasteiger partial charge in [-0.15, -0.1) is 11.3 Å². The number of hydrogen-bond donors (Lipinski definition) is 1. The van der Waals surface area contributed by atoms with E-state index in [4.69, 9.17) is 5.73 Å². The van der Waals surface area contributed by atoms with Gasteiger partial charge >= 0.3 is 0 Å². The molecule has 2 unspecified atom stereocenters. The van der Waals surface area contributed by atoms with Crippen LogP contribution in [0.4, 0.5) is 0 Å². The Bertz CT molecular complexity index is 501. The number of nitrogens with zero attached hydrogens (tertiary/aromatic N) is 1. The Kier molecular flexibility index (Phi) is 3.37. The SMILES string of the molecule is CC(c1cc2ccccc2s1)N1CCCC1CN. The van der Waals surface area contributed by atoms with Crippen molar-refractivity contribution >= 4 is 21.4 Å². The molecule has 0 radical (unpaired) electrons. The fraction of sp³-hybridized carbons (Fsp3) is 0.467. The molecule has 96 valence electrons. The Morgan fingerprint density at radius 3 is 3.06 bits per heavy atom. The van der Waals surface area contributed by atoms with Crippen molar-refractivity contribution in [2.75, 3.05) is 13.1 Å². The molecule has 1 aromatic heterocycles. The van der Waals surface area contributed by atoms with E-state index in [0.29, 0.717) is 12.1 Å². The van der Waals surface area contributed by atoms with Gasteiger partial charge in [0, 0.05) is 28.2 Å². The molecule has 0 aliphatic carbocycles. The van der Waals surface area contributed by atoms with Crippen LogP contribution in [-0.4, -0.2) is 24.0 Å². The van der Waals surface area contributed by atoms with E-state index in [-0.39, 0.29) is 0 Å². The van der Waals surface area contributed by atoms with Gasteiger partial charge in [-0.1, -0.05) is 18.2 Å². The van der Waals surface area contributed by atoms with Crippen LogP contribution in [0.25, 0.3) is 10.1 Å². The quantitative estimate of drug-likeness (QED) is 0.916. The zero-order valence-electron chi connectivity index (χ0n) is 10.8. The third-order valence-corrected chi connectivity index (χ3v) is 5.33. The molecule has 1 fully saturated rings. The summed E-state index contributed by atoms with van der Waals surface area (Å²) in [6, 6.07) is 12.1. The third kappa shape index (κ3) is 2.07. The first kappa shape index (κ1) is 12.2. The van der Waals surface area contributed by atoms with E-state index >= 15 is 0 Å². The van der Waals surface area contributed by atoms with E-state index in [0.717, 1.165) is 6.54 Å². The molecule has 1 aromatic carbocycles. The first-order valence-electron chi connectivity index (χ1n) is 6.74. The van der Waals surface area contributed by atoms with Crippen molar-refractivity contribution < 1.29 is 0 Å². The van der Waals surface area contributed by atoms with Gasteiger partial charge < -0.3 is 5.73 Å². The van der Waals surface area contributed by atoms with E-state index in [1.54, 1.807) is 0 Å². The second-order valence-corrected chi connectivity index (χ2v) is 6.25. The molecule has 1 aliphatic rings. The summed E-state index contributed by atoms with van der Waals surface area (Å²) < 4.78 is 1.39. The lowest BCUT2D eigenvalue weighted by Gasteiger charge is -2.29. The van der Waals surface area contributed by atoms with Crippen molar-refractivity contribution in [2.24, 2.45) is 5.73 Å². The molecule has 18 heavy (non-hydrogen) atoms. The number of rotatable bonds is 3. The molecule has 0 saturated carbocycles. The number of hydrogen-bond acceptors (Lipinski definition) is 3. The standard InChI is InChI=1S/C15H20N2S/c1-11(17-8-4-6-13(17)10-16)15-9-12-5-2-3-7-14(12)18-15/h2-3,5,7,9,11,13H,4,6,8,10,16H2,1H3. The molecule has 1 aliphatic heterocycles.